The molecule has 218 valence electrons. The first-order valence-electron chi connectivity index (χ1n) is 14.1. The van der Waals surface area contributed by atoms with Gasteiger partial charge in [-0.3, -0.25) is 14.8 Å². The number of rotatable bonds is 16. The Kier molecular flexibility index (Phi) is 13.2. The summed E-state index contributed by atoms with van der Waals surface area (Å²) < 4.78 is 5.82. The minimum absolute atomic E-state index is 0.183. The van der Waals surface area contributed by atoms with Crippen LogP contribution in [0.2, 0.25) is 0 Å². The van der Waals surface area contributed by atoms with Gasteiger partial charge in [-0.2, -0.15) is 0 Å². The van der Waals surface area contributed by atoms with E-state index in [0.29, 0.717) is 36.7 Å². The molecular formula is C32H40N4O5. The number of aryl methyl sites for hydroxylation is 1. The van der Waals surface area contributed by atoms with E-state index in [1.807, 2.05) is 48.5 Å². The highest BCUT2D eigenvalue weighted by Crippen LogP contribution is 2.23. The zero-order valence-electron chi connectivity index (χ0n) is 23.6. The lowest BCUT2D eigenvalue weighted by atomic mass is 10.1. The molecule has 0 aromatic heterocycles. The van der Waals surface area contributed by atoms with Gasteiger partial charge in [-0.05, 0) is 67.6 Å². The minimum Gasteiger partial charge on any atom is -0.457 e. The SMILES string of the molecule is CCCCCN(CC(=O)NO)C(=O)CN(CCCCc1ccccc1)C(=O)Nc1ccc(Oc2ccccc2)cc1. The maximum Gasteiger partial charge on any atom is 0.322 e. The third kappa shape index (κ3) is 11.3. The number of carbonyl (C=O) groups excluding carboxylic acids is 3. The van der Waals surface area contributed by atoms with Crippen LogP contribution in [0.4, 0.5) is 10.5 Å². The van der Waals surface area contributed by atoms with Gasteiger partial charge < -0.3 is 19.9 Å². The van der Waals surface area contributed by atoms with Crippen molar-refractivity contribution in [2.75, 3.05) is 31.5 Å². The van der Waals surface area contributed by atoms with E-state index in [9.17, 15) is 14.4 Å². The van der Waals surface area contributed by atoms with E-state index in [1.54, 1.807) is 29.7 Å². The number of nitrogens with one attached hydrogen (secondary N) is 2. The van der Waals surface area contributed by atoms with Gasteiger partial charge in [0.05, 0.1) is 0 Å². The maximum absolute atomic E-state index is 13.3. The topological polar surface area (TPSA) is 111 Å². The van der Waals surface area contributed by atoms with Gasteiger partial charge in [-0.15, -0.1) is 0 Å². The molecule has 9 nitrogen and oxygen atoms in total. The predicted octanol–water partition coefficient (Wildman–Crippen LogP) is 5.86. The molecular weight excluding hydrogens is 520 g/mol. The maximum atomic E-state index is 13.3. The van der Waals surface area contributed by atoms with E-state index >= 15 is 0 Å². The smallest absolute Gasteiger partial charge is 0.322 e. The number of anilines is 1. The summed E-state index contributed by atoms with van der Waals surface area (Å²) in [7, 11) is 0. The monoisotopic (exact) mass is 560 g/mol. The van der Waals surface area contributed by atoms with Crippen molar-refractivity contribution in [2.24, 2.45) is 0 Å². The molecule has 0 unspecified atom stereocenters. The van der Waals surface area contributed by atoms with Gasteiger partial charge in [0.1, 0.15) is 24.6 Å². The predicted molar refractivity (Wildman–Crippen MR) is 159 cm³/mol. The number of hydroxylamine groups is 1. The number of unbranched alkanes of at least 4 members (excludes halogenated alkanes) is 3. The Labute approximate surface area is 242 Å². The Hall–Kier alpha value is -4.37. The fraction of sp³-hybridized carbons (Fsp3) is 0.344. The van der Waals surface area contributed by atoms with Gasteiger partial charge in [0.15, 0.2) is 0 Å². The average Bonchev–Trinajstić information content (AvgIpc) is 3.00. The third-order valence-corrected chi connectivity index (χ3v) is 6.53. The first kappa shape index (κ1) is 31.2. The van der Waals surface area contributed by atoms with Crippen LogP contribution in [-0.2, 0) is 16.0 Å². The van der Waals surface area contributed by atoms with Crippen molar-refractivity contribution in [3.63, 3.8) is 0 Å². The zero-order valence-corrected chi connectivity index (χ0v) is 23.6. The van der Waals surface area contributed by atoms with E-state index < -0.39 is 11.9 Å². The van der Waals surface area contributed by atoms with Crippen LogP contribution in [0.15, 0.2) is 84.9 Å². The van der Waals surface area contributed by atoms with Gasteiger partial charge in [0, 0.05) is 18.8 Å². The van der Waals surface area contributed by atoms with Crippen molar-refractivity contribution >= 4 is 23.5 Å². The molecule has 3 aromatic carbocycles. The largest absolute Gasteiger partial charge is 0.457 e. The Morgan fingerprint density at radius 3 is 2.00 bits per heavy atom. The van der Waals surface area contributed by atoms with Crippen LogP contribution < -0.4 is 15.5 Å². The number of benzene rings is 3. The quantitative estimate of drug-likeness (QED) is 0.115. The highest BCUT2D eigenvalue weighted by Gasteiger charge is 2.23. The molecule has 0 saturated heterocycles. The van der Waals surface area contributed by atoms with Crippen molar-refractivity contribution in [1.29, 1.82) is 0 Å². The summed E-state index contributed by atoms with van der Waals surface area (Å²) in [5.74, 6) is 0.316. The summed E-state index contributed by atoms with van der Waals surface area (Å²) in [5.41, 5.74) is 3.37. The average molecular weight is 561 g/mol. The standard InChI is InChI=1S/C32H40N4O5/c1-2-3-11-22-35(24-30(37)34-40)31(38)25-36(23-12-10-15-26-13-6-4-7-14-26)32(39)33-27-18-20-29(21-19-27)41-28-16-8-5-9-17-28/h4-9,13-14,16-21,40H,2-3,10-12,15,22-25H2,1H3,(H,33,39)(H,34,37). The zero-order chi connectivity index (χ0) is 29.3. The lowest BCUT2D eigenvalue weighted by Crippen LogP contribution is -2.47. The summed E-state index contributed by atoms with van der Waals surface area (Å²) in [4.78, 5) is 41.3. The highest BCUT2D eigenvalue weighted by molar-refractivity contribution is 5.93. The van der Waals surface area contributed by atoms with E-state index in [2.05, 4.69) is 24.4 Å². The molecule has 41 heavy (non-hydrogen) atoms. The van der Waals surface area contributed by atoms with E-state index in [0.717, 1.165) is 32.1 Å². The van der Waals surface area contributed by atoms with Gasteiger partial charge in [-0.25, -0.2) is 10.3 Å². The molecule has 0 aliphatic rings. The number of hydrogen-bond acceptors (Lipinski definition) is 5. The van der Waals surface area contributed by atoms with Gasteiger partial charge in [0.2, 0.25) is 5.91 Å². The Bertz CT molecular complexity index is 1210. The summed E-state index contributed by atoms with van der Waals surface area (Å²) >= 11 is 0. The van der Waals surface area contributed by atoms with Crippen LogP contribution in [0, 0.1) is 0 Å². The molecule has 3 rings (SSSR count). The van der Waals surface area contributed by atoms with Crippen LogP contribution in [0.5, 0.6) is 11.5 Å². The first-order chi connectivity index (χ1) is 20.0. The molecule has 0 saturated carbocycles. The number of para-hydroxylation sites is 1. The van der Waals surface area contributed by atoms with Gasteiger partial charge >= 0.3 is 6.03 Å². The van der Waals surface area contributed by atoms with E-state index in [-0.39, 0.29) is 19.0 Å². The molecule has 0 aliphatic heterocycles. The fourth-order valence-corrected chi connectivity index (χ4v) is 4.28. The lowest BCUT2D eigenvalue weighted by Gasteiger charge is -2.27. The molecule has 0 fully saturated rings. The number of ether oxygens (including phenoxy) is 1. The summed E-state index contributed by atoms with van der Waals surface area (Å²) in [6, 6.07) is 26.1. The molecule has 0 atom stereocenters. The van der Waals surface area contributed by atoms with Crippen molar-refractivity contribution in [3.8, 4) is 11.5 Å². The molecule has 0 spiro atoms. The number of nitrogens with zero attached hydrogens (tertiary/aromatic N) is 2. The summed E-state index contributed by atoms with van der Waals surface area (Å²) in [6.07, 6.45) is 5.00. The normalized spacial score (nSPS) is 10.5. The molecule has 0 radical (unpaired) electrons. The summed E-state index contributed by atoms with van der Waals surface area (Å²) in [5, 5.41) is 11.9. The Morgan fingerprint density at radius 2 is 1.34 bits per heavy atom. The number of hydrogen-bond donors (Lipinski definition) is 3. The molecule has 4 amide bonds. The second-order valence-corrected chi connectivity index (χ2v) is 9.79. The number of urea groups is 1. The van der Waals surface area contributed by atoms with Crippen LogP contribution in [0.1, 0.15) is 44.6 Å². The first-order valence-corrected chi connectivity index (χ1v) is 14.1. The second kappa shape index (κ2) is 17.3. The van der Waals surface area contributed by atoms with Gasteiger partial charge in [-0.1, -0.05) is 68.3 Å². The van der Waals surface area contributed by atoms with Crippen LogP contribution in [0.3, 0.4) is 0 Å². The Balaban J connectivity index is 1.65. The van der Waals surface area contributed by atoms with Crippen molar-refractivity contribution < 1.29 is 24.3 Å². The fourth-order valence-electron chi connectivity index (χ4n) is 4.28. The van der Waals surface area contributed by atoms with Crippen LogP contribution in [0.25, 0.3) is 0 Å². The molecule has 3 N–H and O–H groups in total. The minimum atomic E-state index is -0.675. The van der Waals surface area contributed by atoms with Crippen molar-refractivity contribution in [1.82, 2.24) is 15.3 Å². The second-order valence-electron chi connectivity index (χ2n) is 9.79. The molecule has 9 heteroatoms. The van der Waals surface area contributed by atoms with Crippen LogP contribution in [-0.4, -0.2) is 59.0 Å². The van der Waals surface area contributed by atoms with Gasteiger partial charge in [0.25, 0.3) is 5.91 Å². The molecule has 0 bridgehead atoms. The molecule has 0 heterocycles. The lowest BCUT2D eigenvalue weighted by molar-refractivity contribution is -0.139. The third-order valence-electron chi connectivity index (χ3n) is 6.53. The number of amides is 4. The van der Waals surface area contributed by atoms with Crippen molar-refractivity contribution in [3.05, 3.63) is 90.5 Å². The molecule has 3 aromatic rings. The van der Waals surface area contributed by atoms with Crippen molar-refractivity contribution in [2.45, 2.75) is 45.4 Å². The molecule has 0 aliphatic carbocycles. The summed E-state index contributed by atoms with van der Waals surface area (Å²) in [6.45, 7) is 2.33. The van der Waals surface area contributed by atoms with E-state index in [1.165, 1.54) is 15.4 Å². The highest BCUT2D eigenvalue weighted by atomic mass is 16.5. The Morgan fingerprint density at radius 1 is 0.732 bits per heavy atom. The number of carbonyl (C=O) groups is 3. The van der Waals surface area contributed by atoms with Crippen LogP contribution >= 0.6 is 0 Å². The van der Waals surface area contributed by atoms with E-state index in [4.69, 9.17) is 9.94 Å².